The van der Waals surface area contributed by atoms with Crippen LogP contribution in [0, 0.1) is 5.82 Å². The normalized spacial score (nSPS) is 10.4. The summed E-state index contributed by atoms with van der Waals surface area (Å²) in [4.78, 5) is 0. The lowest BCUT2D eigenvalue weighted by Crippen LogP contribution is -1.99. The summed E-state index contributed by atoms with van der Waals surface area (Å²) in [6.07, 6.45) is 0. The van der Waals surface area contributed by atoms with Gasteiger partial charge >= 0.3 is 0 Å². The van der Waals surface area contributed by atoms with Gasteiger partial charge in [0.15, 0.2) is 0 Å². The van der Waals surface area contributed by atoms with Gasteiger partial charge in [-0.05, 0) is 41.0 Å². The van der Waals surface area contributed by atoms with Crippen molar-refractivity contribution in [3.8, 4) is 11.1 Å². The summed E-state index contributed by atoms with van der Waals surface area (Å²) in [6, 6.07) is 12.6. The van der Waals surface area contributed by atoms with E-state index in [1.807, 2.05) is 24.3 Å². The lowest BCUT2D eigenvalue weighted by Gasteiger charge is -2.08. The molecule has 0 aliphatic carbocycles. The third-order valence-electron chi connectivity index (χ3n) is 2.44. The highest BCUT2D eigenvalue weighted by atomic mass is 79.9. The molecule has 0 radical (unpaired) electrons. The van der Waals surface area contributed by atoms with E-state index >= 15 is 0 Å². The predicted molar refractivity (Wildman–Crippen MR) is 67.4 cm³/mol. The standard InChI is InChI=1S/C13H11BrFN/c14-11-3-1-9(2-4-11)13-6-5-12(15)7-10(13)8-16/h1-7H,8,16H2. The first kappa shape index (κ1) is 11.3. The van der Waals surface area contributed by atoms with Gasteiger partial charge in [-0.25, -0.2) is 4.39 Å². The van der Waals surface area contributed by atoms with Gasteiger partial charge in [0.2, 0.25) is 0 Å². The Morgan fingerprint density at radius 3 is 2.38 bits per heavy atom. The molecule has 0 saturated carbocycles. The highest BCUT2D eigenvalue weighted by Crippen LogP contribution is 2.25. The van der Waals surface area contributed by atoms with E-state index in [-0.39, 0.29) is 5.82 Å². The molecular weight excluding hydrogens is 269 g/mol. The van der Waals surface area contributed by atoms with Crippen molar-refractivity contribution in [2.75, 3.05) is 0 Å². The fraction of sp³-hybridized carbons (Fsp3) is 0.0769. The van der Waals surface area contributed by atoms with Gasteiger partial charge in [0.05, 0.1) is 0 Å². The van der Waals surface area contributed by atoms with E-state index in [1.165, 1.54) is 12.1 Å². The zero-order chi connectivity index (χ0) is 11.5. The molecule has 0 fully saturated rings. The number of nitrogens with two attached hydrogens (primary N) is 1. The summed E-state index contributed by atoms with van der Waals surface area (Å²) >= 11 is 3.38. The van der Waals surface area contributed by atoms with Gasteiger partial charge in [0.1, 0.15) is 5.82 Å². The van der Waals surface area contributed by atoms with Crippen molar-refractivity contribution in [1.82, 2.24) is 0 Å². The maximum absolute atomic E-state index is 13.1. The molecule has 2 rings (SSSR count). The van der Waals surface area contributed by atoms with Crippen LogP contribution in [0.25, 0.3) is 11.1 Å². The lowest BCUT2D eigenvalue weighted by atomic mass is 10.00. The summed E-state index contributed by atoms with van der Waals surface area (Å²) in [5, 5.41) is 0. The maximum atomic E-state index is 13.1. The van der Waals surface area contributed by atoms with Gasteiger partial charge in [-0.3, -0.25) is 0 Å². The molecule has 82 valence electrons. The van der Waals surface area contributed by atoms with Gasteiger partial charge < -0.3 is 5.73 Å². The predicted octanol–water partition coefficient (Wildman–Crippen LogP) is 3.71. The van der Waals surface area contributed by atoms with Crippen LogP contribution in [0.3, 0.4) is 0 Å². The van der Waals surface area contributed by atoms with Crippen molar-refractivity contribution < 1.29 is 4.39 Å². The minimum absolute atomic E-state index is 0.249. The Morgan fingerprint density at radius 2 is 1.75 bits per heavy atom. The molecule has 2 aromatic rings. The zero-order valence-electron chi connectivity index (χ0n) is 8.58. The minimum Gasteiger partial charge on any atom is -0.326 e. The highest BCUT2D eigenvalue weighted by molar-refractivity contribution is 9.10. The Bertz CT molecular complexity index is 494. The second-order valence-corrected chi connectivity index (χ2v) is 4.43. The molecule has 16 heavy (non-hydrogen) atoms. The van der Waals surface area contributed by atoms with Crippen molar-refractivity contribution >= 4 is 15.9 Å². The Hall–Kier alpha value is -1.19. The first-order valence-corrected chi connectivity index (χ1v) is 5.74. The van der Waals surface area contributed by atoms with Crippen LogP contribution in [0.15, 0.2) is 46.9 Å². The van der Waals surface area contributed by atoms with Gasteiger partial charge in [-0.1, -0.05) is 34.1 Å². The molecule has 0 atom stereocenters. The topological polar surface area (TPSA) is 26.0 Å². The molecule has 1 nitrogen and oxygen atoms in total. The molecule has 0 amide bonds. The van der Waals surface area contributed by atoms with Crippen LogP contribution >= 0.6 is 15.9 Å². The largest absolute Gasteiger partial charge is 0.326 e. The van der Waals surface area contributed by atoms with Crippen LogP contribution in [0.5, 0.6) is 0 Å². The monoisotopic (exact) mass is 279 g/mol. The molecule has 3 heteroatoms. The molecule has 0 bridgehead atoms. The Labute approximate surface area is 102 Å². The van der Waals surface area contributed by atoms with Crippen molar-refractivity contribution in [2.45, 2.75) is 6.54 Å². The summed E-state index contributed by atoms with van der Waals surface area (Å²) in [7, 11) is 0. The number of rotatable bonds is 2. The van der Waals surface area contributed by atoms with E-state index < -0.39 is 0 Å². The number of hydrogen-bond acceptors (Lipinski definition) is 1. The molecule has 0 aliphatic heterocycles. The van der Waals surface area contributed by atoms with Crippen LogP contribution in [0.4, 0.5) is 4.39 Å². The molecular formula is C13H11BrFN. The first-order chi connectivity index (χ1) is 7.70. The van der Waals surface area contributed by atoms with Gasteiger partial charge in [0.25, 0.3) is 0 Å². The van der Waals surface area contributed by atoms with Gasteiger partial charge in [-0.2, -0.15) is 0 Å². The van der Waals surface area contributed by atoms with Crippen molar-refractivity contribution in [2.24, 2.45) is 5.73 Å². The van der Waals surface area contributed by atoms with Crippen LogP contribution in [0.1, 0.15) is 5.56 Å². The smallest absolute Gasteiger partial charge is 0.123 e. The Kier molecular flexibility index (Phi) is 3.36. The summed E-state index contributed by atoms with van der Waals surface area (Å²) in [5.74, 6) is -0.249. The minimum atomic E-state index is -0.249. The van der Waals surface area contributed by atoms with E-state index in [2.05, 4.69) is 15.9 Å². The van der Waals surface area contributed by atoms with Gasteiger partial charge in [0, 0.05) is 11.0 Å². The molecule has 2 aromatic carbocycles. The second-order valence-electron chi connectivity index (χ2n) is 3.51. The summed E-state index contributed by atoms with van der Waals surface area (Å²) in [6.45, 7) is 0.336. The molecule has 0 heterocycles. The number of halogens is 2. The molecule has 0 saturated heterocycles. The Morgan fingerprint density at radius 1 is 1.06 bits per heavy atom. The number of benzene rings is 2. The van der Waals surface area contributed by atoms with Crippen LogP contribution in [-0.4, -0.2) is 0 Å². The molecule has 0 spiro atoms. The van der Waals surface area contributed by atoms with Crippen molar-refractivity contribution in [3.63, 3.8) is 0 Å². The molecule has 2 N–H and O–H groups in total. The zero-order valence-corrected chi connectivity index (χ0v) is 10.2. The van der Waals surface area contributed by atoms with Crippen LogP contribution in [-0.2, 0) is 6.54 Å². The average molecular weight is 280 g/mol. The highest BCUT2D eigenvalue weighted by Gasteiger charge is 2.05. The summed E-state index contributed by atoms with van der Waals surface area (Å²) < 4.78 is 14.1. The van der Waals surface area contributed by atoms with E-state index in [0.717, 1.165) is 21.2 Å². The first-order valence-electron chi connectivity index (χ1n) is 4.95. The molecule has 0 aromatic heterocycles. The second kappa shape index (κ2) is 4.76. The fourth-order valence-corrected chi connectivity index (χ4v) is 1.91. The van der Waals surface area contributed by atoms with E-state index in [9.17, 15) is 4.39 Å². The van der Waals surface area contributed by atoms with Crippen LogP contribution in [0.2, 0.25) is 0 Å². The van der Waals surface area contributed by atoms with Crippen molar-refractivity contribution in [1.29, 1.82) is 0 Å². The maximum Gasteiger partial charge on any atom is 0.123 e. The SMILES string of the molecule is NCc1cc(F)ccc1-c1ccc(Br)cc1. The van der Waals surface area contributed by atoms with Gasteiger partial charge in [-0.15, -0.1) is 0 Å². The van der Waals surface area contributed by atoms with E-state index in [4.69, 9.17) is 5.73 Å². The third kappa shape index (κ3) is 2.31. The molecule has 0 unspecified atom stereocenters. The fourth-order valence-electron chi connectivity index (χ4n) is 1.64. The summed E-state index contributed by atoms with van der Waals surface area (Å²) in [5.41, 5.74) is 8.46. The van der Waals surface area contributed by atoms with E-state index in [0.29, 0.717) is 6.54 Å². The van der Waals surface area contributed by atoms with Crippen LogP contribution < -0.4 is 5.73 Å². The lowest BCUT2D eigenvalue weighted by molar-refractivity contribution is 0.625. The quantitative estimate of drug-likeness (QED) is 0.891. The van der Waals surface area contributed by atoms with Crippen molar-refractivity contribution in [3.05, 3.63) is 58.3 Å². The Balaban J connectivity index is 2.51. The van der Waals surface area contributed by atoms with E-state index in [1.54, 1.807) is 6.07 Å². The number of hydrogen-bond donors (Lipinski definition) is 1. The third-order valence-corrected chi connectivity index (χ3v) is 2.97. The average Bonchev–Trinajstić information content (AvgIpc) is 2.30. The molecule has 0 aliphatic rings.